The molecule has 0 fully saturated rings. The zero-order chi connectivity index (χ0) is 15.4. The molecule has 0 aliphatic heterocycles. The Balaban J connectivity index is 2.17. The number of amides is 2. The highest BCUT2D eigenvalue weighted by Gasteiger charge is 2.10. The van der Waals surface area contributed by atoms with Crippen LogP contribution in [0.3, 0.4) is 0 Å². The summed E-state index contributed by atoms with van der Waals surface area (Å²) in [5.74, 6) is -0.225. The van der Waals surface area contributed by atoms with E-state index in [1.807, 2.05) is 19.1 Å². The van der Waals surface area contributed by atoms with E-state index in [-0.39, 0.29) is 11.8 Å². The molecule has 2 amide bonds. The fourth-order valence-corrected chi connectivity index (χ4v) is 2.84. The molecule has 0 unspecified atom stereocenters. The van der Waals surface area contributed by atoms with Crippen molar-refractivity contribution in [1.82, 2.24) is 0 Å². The highest BCUT2D eigenvalue weighted by atomic mass is 79.9. The van der Waals surface area contributed by atoms with Crippen LogP contribution in [0.4, 0.5) is 11.4 Å². The van der Waals surface area contributed by atoms with Gasteiger partial charge in [0.25, 0.3) is 5.91 Å². The van der Waals surface area contributed by atoms with Crippen molar-refractivity contribution in [2.24, 2.45) is 0 Å². The van der Waals surface area contributed by atoms with Crippen LogP contribution in [-0.4, -0.2) is 11.8 Å². The van der Waals surface area contributed by atoms with Crippen LogP contribution in [0.2, 0.25) is 0 Å². The minimum atomic E-state index is -0.168. The van der Waals surface area contributed by atoms with Crippen LogP contribution >= 0.6 is 27.3 Å². The molecule has 0 atom stereocenters. The van der Waals surface area contributed by atoms with Gasteiger partial charge in [0.05, 0.1) is 9.35 Å². The second-order valence-electron chi connectivity index (χ2n) is 4.53. The second-order valence-corrected chi connectivity index (χ2v) is 6.82. The standard InChI is InChI=1S/C15H15BrN2O2S/c1-3-14(19)17-11-5-4-9(2)12(7-11)18-15(20)10-6-13(16)21-8-10/h4-8H,3H2,1-2H3,(H,17,19)(H,18,20). The fourth-order valence-electron chi connectivity index (χ4n) is 1.71. The lowest BCUT2D eigenvalue weighted by Gasteiger charge is -2.11. The molecule has 0 bridgehead atoms. The van der Waals surface area contributed by atoms with Gasteiger partial charge in [-0.05, 0) is 46.6 Å². The number of aryl methyl sites for hydroxylation is 1. The van der Waals surface area contributed by atoms with E-state index in [4.69, 9.17) is 0 Å². The Morgan fingerprint density at radius 3 is 2.62 bits per heavy atom. The summed E-state index contributed by atoms with van der Waals surface area (Å²) in [6.45, 7) is 3.70. The van der Waals surface area contributed by atoms with Crippen molar-refractivity contribution >= 4 is 50.5 Å². The first kappa shape index (κ1) is 15.7. The molecule has 1 aromatic heterocycles. The molecule has 0 aliphatic rings. The minimum absolute atomic E-state index is 0.0575. The van der Waals surface area contributed by atoms with Crippen LogP contribution < -0.4 is 10.6 Å². The van der Waals surface area contributed by atoms with Crippen molar-refractivity contribution < 1.29 is 9.59 Å². The predicted octanol–water partition coefficient (Wildman–Crippen LogP) is 4.42. The van der Waals surface area contributed by atoms with E-state index in [0.717, 1.165) is 9.35 Å². The molecule has 1 aromatic carbocycles. The number of hydrogen-bond donors (Lipinski definition) is 2. The quantitative estimate of drug-likeness (QED) is 0.841. The number of nitrogens with one attached hydrogen (secondary N) is 2. The van der Waals surface area contributed by atoms with Crippen molar-refractivity contribution in [3.8, 4) is 0 Å². The van der Waals surface area contributed by atoms with E-state index in [1.54, 1.807) is 24.4 Å². The average molecular weight is 367 g/mol. The normalized spacial score (nSPS) is 10.2. The summed E-state index contributed by atoms with van der Waals surface area (Å²) in [4.78, 5) is 23.6. The van der Waals surface area contributed by atoms with Crippen LogP contribution in [0.1, 0.15) is 29.3 Å². The predicted molar refractivity (Wildman–Crippen MR) is 90.1 cm³/mol. The number of carbonyl (C=O) groups excluding carboxylic acids is 2. The van der Waals surface area contributed by atoms with Crippen molar-refractivity contribution in [2.45, 2.75) is 20.3 Å². The number of halogens is 1. The van der Waals surface area contributed by atoms with E-state index in [2.05, 4.69) is 26.6 Å². The zero-order valence-corrected chi connectivity index (χ0v) is 14.1. The molecule has 1 heterocycles. The van der Waals surface area contributed by atoms with Gasteiger partial charge in [0, 0.05) is 23.2 Å². The topological polar surface area (TPSA) is 58.2 Å². The van der Waals surface area contributed by atoms with Crippen LogP contribution in [0, 0.1) is 6.92 Å². The fraction of sp³-hybridized carbons (Fsp3) is 0.200. The van der Waals surface area contributed by atoms with Gasteiger partial charge in [-0.1, -0.05) is 13.0 Å². The summed E-state index contributed by atoms with van der Waals surface area (Å²) in [6, 6.07) is 7.23. The van der Waals surface area contributed by atoms with Crippen LogP contribution in [-0.2, 0) is 4.79 Å². The molecule has 2 aromatic rings. The Morgan fingerprint density at radius 1 is 1.24 bits per heavy atom. The average Bonchev–Trinajstić information content (AvgIpc) is 2.89. The van der Waals surface area contributed by atoms with E-state index in [9.17, 15) is 9.59 Å². The summed E-state index contributed by atoms with van der Waals surface area (Å²) in [5.41, 5.74) is 2.91. The molecular weight excluding hydrogens is 352 g/mol. The SMILES string of the molecule is CCC(=O)Nc1ccc(C)c(NC(=O)c2csc(Br)c2)c1. The van der Waals surface area contributed by atoms with Gasteiger partial charge < -0.3 is 10.6 Å². The number of benzene rings is 1. The largest absolute Gasteiger partial charge is 0.326 e. The lowest BCUT2D eigenvalue weighted by Crippen LogP contribution is -2.13. The molecule has 0 saturated heterocycles. The monoisotopic (exact) mass is 366 g/mol. The molecule has 110 valence electrons. The first-order valence-electron chi connectivity index (χ1n) is 6.45. The van der Waals surface area contributed by atoms with E-state index in [1.165, 1.54) is 11.3 Å². The molecular formula is C15H15BrN2O2S. The molecule has 2 N–H and O–H groups in total. The summed E-state index contributed by atoms with van der Waals surface area (Å²) >= 11 is 4.80. The Hall–Kier alpha value is -1.66. The number of anilines is 2. The third-order valence-electron chi connectivity index (χ3n) is 2.92. The zero-order valence-electron chi connectivity index (χ0n) is 11.7. The van der Waals surface area contributed by atoms with Crippen molar-refractivity contribution in [2.75, 3.05) is 10.6 Å². The van der Waals surface area contributed by atoms with Crippen LogP contribution in [0.25, 0.3) is 0 Å². The first-order valence-corrected chi connectivity index (χ1v) is 8.12. The summed E-state index contributed by atoms with van der Waals surface area (Å²) < 4.78 is 0.910. The van der Waals surface area contributed by atoms with Crippen molar-refractivity contribution in [1.29, 1.82) is 0 Å². The van der Waals surface area contributed by atoms with E-state index < -0.39 is 0 Å². The lowest BCUT2D eigenvalue weighted by molar-refractivity contribution is -0.115. The van der Waals surface area contributed by atoms with Crippen LogP contribution in [0.5, 0.6) is 0 Å². The number of thiophene rings is 1. The Kier molecular flexibility index (Phi) is 5.14. The maximum atomic E-state index is 12.2. The second kappa shape index (κ2) is 6.87. The summed E-state index contributed by atoms with van der Waals surface area (Å²) in [7, 11) is 0. The summed E-state index contributed by atoms with van der Waals surface area (Å²) in [6.07, 6.45) is 0.415. The van der Waals surface area contributed by atoms with E-state index in [0.29, 0.717) is 23.4 Å². The number of hydrogen-bond acceptors (Lipinski definition) is 3. The third kappa shape index (κ3) is 4.15. The molecule has 0 radical (unpaired) electrons. The highest BCUT2D eigenvalue weighted by molar-refractivity contribution is 9.11. The van der Waals surface area contributed by atoms with Gasteiger partial charge in [0.15, 0.2) is 0 Å². The Morgan fingerprint density at radius 2 is 2.00 bits per heavy atom. The van der Waals surface area contributed by atoms with Crippen LogP contribution in [0.15, 0.2) is 33.4 Å². The van der Waals surface area contributed by atoms with Gasteiger partial charge in [-0.2, -0.15) is 0 Å². The van der Waals surface area contributed by atoms with Gasteiger partial charge in [0.2, 0.25) is 5.91 Å². The molecule has 0 spiro atoms. The number of rotatable bonds is 4. The molecule has 21 heavy (non-hydrogen) atoms. The highest BCUT2D eigenvalue weighted by Crippen LogP contribution is 2.24. The first-order chi connectivity index (χ1) is 9.99. The summed E-state index contributed by atoms with van der Waals surface area (Å²) in [5, 5.41) is 7.44. The van der Waals surface area contributed by atoms with Crippen molar-refractivity contribution in [3.05, 3.63) is 44.6 Å². The molecule has 0 aliphatic carbocycles. The minimum Gasteiger partial charge on any atom is -0.326 e. The van der Waals surface area contributed by atoms with E-state index >= 15 is 0 Å². The van der Waals surface area contributed by atoms with Gasteiger partial charge >= 0.3 is 0 Å². The van der Waals surface area contributed by atoms with Crippen molar-refractivity contribution in [3.63, 3.8) is 0 Å². The molecule has 2 rings (SSSR count). The lowest BCUT2D eigenvalue weighted by atomic mass is 10.1. The Labute approximate surface area is 135 Å². The third-order valence-corrected chi connectivity index (χ3v) is 4.42. The molecule has 4 nitrogen and oxygen atoms in total. The van der Waals surface area contributed by atoms with Gasteiger partial charge in [0.1, 0.15) is 0 Å². The maximum absolute atomic E-state index is 12.2. The molecule has 6 heteroatoms. The maximum Gasteiger partial charge on any atom is 0.256 e. The number of carbonyl (C=O) groups is 2. The van der Waals surface area contributed by atoms with Gasteiger partial charge in [-0.3, -0.25) is 9.59 Å². The smallest absolute Gasteiger partial charge is 0.256 e. The Bertz CT molecular complexity index is 682. The molecule has 0 saturated carbocycles. The van der Waals surface area contributed by atoms with Gasteiger partial charge in [-0.15, -0.1) is 11.3 Å². The van der Waals surface area contributed by atoms with Gasteiger partial charge in [-0.25, -0.2) is 0 Å².